The molecule has 2 aromatic rings. The maximum absolute atomic E-state index is 14.0. The van der Waals surface area contributed by atoms with Crippen molar-refractivity contribution < 1.29 is 13.9 Å². The highest BCUT2D eigenvalue weighted by molar-refractivity contribution is 6.30. The molecule has 1 aromatic carbocycles. The van der Waals surface area contributed by atoms with Crippen molar-refractivity contribution in [2.75, 3.05) is 19.7 Å². The van der Waals surface area contributed by atoms with Crippen LogP contribution in [0.4, 0.5) is 4.39 Å². The van der Waals surface area contributed by atoms with Crippen molar-refractivity contribution in [3.63, 3.8) is 0 Å². The number of pyridine rings is 1. The zero-order chi connectivity index (χ0) is 20.4. The number of halogens is 2. The molecule has 0 radical (unpaired) electrons. The van der Waals surface area contributed by atoms with E-state index in [1.54, 1.807) is 22.9 Å². The van der Waals surface area contributed by atoms with Crippen LogP contribution in [-0.2, 0) is 16.1 Å². The Morgan fingerprint density at radius 3 is 2.90 bits per heavy atom. The fourth-order valence-corrected chi connectivity index (χ4v) is 3.75. The van der Waals surface area contributed by atoms with E-state index in [-0.39, 0.29) is 34.9 Å². The number of ether oxygens (including phenoxy) is 1. The number of hydrogen-bond donors (Lipinski definition) is 2. The van der Waals surface area contributed by atoms with Gasteiger partial charge in [-0.15, -0.1) is 0 Å². The number of nitrogens with zero attached hydrogens (tertiary/aromatic N) is 2. The lowest BCUT2D eigenvalue weighted by Crippen LogP contribution is -2.32. The van der Waals surface area contributed by atoms with E-state index in [1.165, 1.54) is 18.2 Å². The molecule has 1 aromatic heterocycles. The fourth-order valence-electron chi connectivity index (χ4n) is 3.63. The molecule has 2 aliphatic rings. The summed E-state index contributed by atoms with van der Waals surface area (Å²) in [5.41, 5.74) is 4.23. The molecule has 0 aliphatic carbocycles. The number of carbonyl (C=O) groups is 1. The van der Waals surface area contributed by atoms with Crippen molar-refractivity contribution in [2.45, 2.75) is 19.1 Å². The van der Waals surface area contributed by atoms with Crippen LogP contribution < -0.4 is 16.3 Å². The number of amides is 1. The van der Waals surface area contributed by atoms with E-state index in [2.05, 4.69) is 15.8 Å². The summed E-state index contributed by atoms with van der Waals surface area (Å²) in [4.78, 5) is 23.9. The number of aromatic nitrogens is 1. The van der Waals surface area contributed by atoms with E-state index < -0.39 is 5.82 Å². The van der Waals surface area contributed by atoms with Gasteiger partial charge in [0.05, 0.1) is 29.9 Å². The Morgan fingerprint density at radius 2 is 2.14 bits per heavy atom. The molecule has 3 heterocycles. The largest absolute Gasteiger partial charge is 0.372 e. The van der Waals surface area contributed by atoms with Crippen LogP contribution in [0.5, 0.6) is 0 Å². The van der Waals surface area contributed by atoms with Crippen LogP contribution in [0.15, 0.2) is 46.4 Å². The molecule has 4 rings (SSSR count). The fraction of sp³-hybridized carbons (Fsp3) is 0.350. The second-order valence-electron chi connectivity index (χ2n) is 7.11. The van der Waals surface area contributed by atoms with Crippen LogP contribution in [0.3, 0.4) is 0 Å². The zero-order valence-corrected chi connectivity index (χ0v) is 16.3. The van der Waals surface area contributed by atoms with E-state index in [0.29, 0.717) is 43.1 Å². The SMILES string of the molecule is O=C1CC(c2ccc(=O)n(C[C@@H]3CNCCO[C@H]3c3ccc(Cl)c(F)c3)c2)=NN1. The summed E-state index contributed by atoms with van der Waals surface area (Å²) in [6.07, 6.45) is 1.49. The summed E-state index contributed by atoms with van der Waals surface area (Å²) in [7, 11) is 0. The van der Waals surface area contributed by atoms with E-state index >= 15 is 0 Å². The van der Waals surface area contributed by atoms with Gasteiger partial charge in [-0.1, -0.05) is 17.7 Å². The van der Waals surface area contributed by atoms with Crippen molar-refractivity contribution in [1.82, 2.24) is 15.3 Å². The van der Waals surface area contributed by atoms with Crippen molar-refractivity contribution in [2.24, 2.45) is 11.0 Å². The Balaban J connectivity index is 1.62. The third-order valence-electron chi connectivity index (χ3n) is 5.07. The van der Waals surface area contributed by atoms with Crippen molar-refractivity contribution in [1.29, 1.82) is 0 Å². The third-order valence-corrected chi connectivity index (χ3v) is 5.38. The molecular weight excluding hydrogens is 399 g/mol. The van der Waals surface area contributed by atoms with Gasteiger partial charge in [0.15, 0.2) is 0 Å². The number of benzene rings is 1. The molecule has 1 fully saturated rings. The molecule has 2 N–H and O–H groups in total. The highest BCUT2D eigenvalue weighted by Crippen LogP contribution is 2.30. The number of carbonyl (C=O) groups excluding carboxylic acids is 1. The van der Waals surface area contributed by atoms with E-state index in [9.17, 15) is 14.0 Å². The highest BCUT2D eigenvalue weighted by atomic mass is 35.5. The third kappa shape index (κ3) is 4.39. The van der Waals surface area contributed by atoms with Crippen molar-refractivity contribution in [3.05, 3.63) is 68.8 Å². The molecule has 9 heteroatoms. The maximum atomic E-state index is 14.0. The molecule has 0 saturated carbocycles. The van der Waals surface area contributed by atoms with E-state index in [1.807, 2.05) is 0 Å². The first-order valence-corrected chi connectivity index (χ1v) is 9.72. The van der Waals surface area contributed by atoms with Crippen LogP contribution >= 0.6 is 11.6 Å². The Bertz CT molecular complexity index is 1020. The quantitative estimate of drug-likeness (QED) is 0.793. The van der Waals surface area contributed by atoms with Gasteiger partial charge in [-0.25, -0.2) is 9.82 Å². The second kappa shape index (κ2) is 8.44. The molecule has 1 amide bonds. The van der Waals surface area contributed by atoms with Crippen LogP contribution in [-0.4, -0.2) is 35.9 Å². The second-order valence-corrected chi connectivity index (χ2v) is 7.51. The van der Waals surface area contributed by atoms with Crippen LogP contribution in [0.1, 0.15) is 23.7 Å². The predicted octanol–water partition coefficient (Wildman–Crippen LogP) is 1.84. The Hall–Kier alpha value is -2.55. The first-order chi connectivity index (χ1) is 14.0. The number of hydrogen-bond acceptors (Lipinski definition) is 5. The van der Waals surface area contributed by atoms with Gasteiger partial charge in [0, 0.05) is 43.4 Å². The standard InChI is InChI=1S/C20H20ClFN4O3/c21-15-3-1-12(7-16(15)22)20-14(9-23-5-6-29-20)11-26-10-13(2-4-19(26)28)17-8-18(27)25-24-17/h1-4,7,10,14,20,23H,5-6,8-9,11H2,(H,25,27)/t14-,20-/m0/s1. The van der Waals surface area contributed by atoms with Crippen molar-refractivity contribution in [3.8, 4) is 0 Å². The maximum Gasteiger partial charge on any atom is 0.250 e. The Kier molecular flexibility index (Phi) is 5.75. The molecule has 7 nitrogen and oxygen atoms in total. The smallest absolute Gasteiger partial charge is 0.250 e. The minimum absolute atomic E-state index is 0.0569. The van der Waals surface area contributed by atoms with Crippen molar-refractivity contribution >= 4 is 23.2 Å². The molecule has 2 aliphatic heterocycles. The minimum Gasteiger partial charge on any atom is -0.372 e. The highest BCUT2D eigenvalue weighted by Gasteiger charge is 2.28. The molecule has 29 heavy (non-hydrogen) atoms. The van der Waals surface area contributed by atoms with Gasteiger partial charge >= 0.3 is 0 Å². The molecule has 0 bridgehead atoms. The van der Waals surface area contributed by atoms with E-state index in [4.69, 9.17) is 16.3 Å². The van der Waals surface area contributed by atoms with Crippen LogP contribution in [0.25, 0.3) is 0 Å². The molecule has 152 valence electrons. The van der Waals surface area contributed by atoms with Gasteiger partial charge in [0.2, 0.25) is 5.91 Å². The van der Waals surface area contributed by atoms with Crippen LogP contribution in [0, 0.1) is 11.7 Å². The molecule has 0 unspecified atom stereocenters. The average molecular weight is 419 g/mol. The summed E-state index contributed by atoms with van der Waals surface area (Å²) in [5, 5.41) is 7.37. The van der Waals surface area contributed by atoms with Gasteiger partial charge in [-0.3, -0.25) is 9.59 Å². The first-order valence-electron chi connectivity index (χ1n) is 9.35. The van der Waals surface area contributed by atoms with Crippen LogP contribution in [0.2, 0.25) is 5.02 Å². The number of hydrazone groups is 1. The monoisotopic (exact) mass is 418 g/mol. The molecule has 0 spiro atoms. The topological polar surface area (TPSA) is 84.7 Å². The van der Waals surface area contributed by atoms with Gasteiger partial charge < -0.3 is 14.6 Å². The lowest BCUT2D eigenvalue weighted by atomic mass is 9.95. The first kappa shape index (κ1) is 19.8. The molecule has 2 atom stereocenters. The minimum atomic E-state index is -0.501. The Morgan fingerprint density at radius 1 is 1.28 bits per heavy atom. The summed E-state index contributed by atoms with van der Waals surface area (Å²) in [6, 6.07) is 7.77. The molecule has 1 saturated heterocycles. The zero-order valence-electron chi connectivity index (χ0n) is 15.5. The summed E-state index contributed by atoms with van der Waals surface area (Å²) < 4.78 is 21.6. The number of nitrogens with one attached hydrogen (secondary N) is 2. The number of rotatable bonds is 4. The van der Waals surface area contributed by atoms with E-state index in [0.717, 1.165) is 0 Å². The lowest BCUT2D eigenvalue weighted by molar-refractivity contribution is -0.119. The van der Waals surface area contributed by atoms with Gasteiger partial charge in [0.1, 0.15) is 5.82 Å². The summed E-state index contributed by atoms with van der Waals surface area (Å²) in [6.45, 7) is 2.11. The molecular formula is C20H20ClFN4O3. The lowest BCUT2D eigenvalue weighted by Gasteiger charge is -2.26. The Labute approximate surface area is 171 Å². The van der Waals surface area contributed by atoms with Gasteiger partial charge in [-0.05, 0) is 23.8 Å². The van der Waals surface area contributed by atoms with Gasteiger partial charge in [0.25, 0.3) is 5.56 Å². The summed E-state index contributed by atoms with van der Waals surface area (Å²) in [5.74, 6) is -0.792. The summed E-state index contributed by atoms with van der Waals surface area (Å²) >= 11 is 5.81. The normalized spacial score (nSPS) is 22.1. The van der Waals surface area contributed by atoms with Gasteiger partial charge in [-0.2, -0.15) is 5.10 Å². The average Bonchev–Trinajstić information content (AvgIpc) is 3.01. The predicted molar refractivity (Wildman–Crippen MR) is 106 cm³/mol.